The van der Waals surface area contributed by atoms with E-state index in [0.29, 0.717) is 26.2 Å². The Morgan fingerprint density at radius 2 is 2.04 bits per heavy atom. The molecule has 23 heavy (non-hydrogen) atoms. The van der Waals surface area contributed by atoms with Crippen LogP contribution in [0.1, 0.15) is 17.2 Å². The summed E-state index contributed by atoms with van der Waals surface area (Å²) in [5.41, 5.74) is -0.453. The van der Waals surface area contributed by atoms with Gasteiger partial charge >= 0.3 is 5.69 Å². The van der Waals surface area contributed by atoms with Crippen LogP contribution in [0.4, 0.5) is 10.1 Å². The molecular weight excluding hydrogens is 350 g/mol. The second-order valence-electron chi connectivity index (χ2n) is 4.76. The Balaban J connectivity index is 0.00000242. The van der Waals surface area contributed by atoms with E-state index in [4.69, 9.17) is 5.26 Å². The number of aromatic hydroxyl groups is 1. The highest BCUT2D eigenvalue weighted by molar-refractivity contribution is 5.85. The summed E-state index contributed by atoms with van der Waals surface area (Å²) >= 11 is 0. The molecule has 1 heterocycles. The first-order valence-electron chi connectivity index (χ1n) is 6.50. The number of alkyl halides is 1. The highest BCUT2D eigenvalue weighted by Gasteiger charge is 2.29. The third kappa shape index (κ3) is 4.65. The van der Waals surface area contributed by atoms with Crippen LogP contribution in [0.2, 0.25) is 0 Å². The molecular formula is C13H17Cl2FN4O3. The van der Waals surface area contributed by atoms with Crippen molar-refractivity contribution in [3.05, 3.63) is 33.4 Å². The van der Waals surface area contributed by atoms with Gasteiger partial charge in [0.05, 0.1) is 22.6 Å². The number of halogens is 3. The quantitative estimate of drug-likeness (QED) is 0.623. The zero-order valence-corrected chi connectivity index (χ0v) is 13.7. The number of phenols is 1. The molecule has 1 aliphatic heterocycles. The van der Waals surface area contributed by atoms with Crippen LogP contribution in [0.15, 0.2) is 12.1 Å². The van der Waals surface area contributed by atoms with Gasteiger partial charge in [0.1, 0.15) is 6.67 Å². The van der Waals surface area contributed by atoms with Gasteiger partial charge in [0.2, 0.25) is 0 Å². The molecule has 1 atom stereocenters. The number of piperazine rings is 1. The largest absolute Gasteiger partial charge is 0.502 e. The van der Waals surface area contributed by atoms with Gasteiger partial charge in [-0.15, -0.1) is 24.8 Å². The number of rotatable bonds is 4. The summed E-state index contributed by atoms with van der Waals surface area (Å²) in [7, 11) is 0. The second kappa shape index (κ2) is 9.47. The van der Waals surface area contributed by atoms with E-state index in [-0.39, 0.29) is 35.9 Å². The minimum atomic E-state index is -0.793. The van der Waals surface area contributed by atoms with Gasteiger partial charge in [-0.05, 0) is 6.07 Å². The van der Waals surface area contributed by atoms with E-state index in [2.05, 4.69) is 5.32 Å². The molecule has 0 aromatic heterocycles. The maximum Gasteiger partial charge on any atom is 0.312 e. The minimum absolute atomic E-state index is 0. The minimum Gasteiger partial charge on any atom is -0.502 e. The van der Waals surface area contributed by atoms with Gasteiger partial charge in [-0.2, -0.15) is 5.26 Å². The molecule has 1 aliphatic rings. The van der Waals surface area contributed by atoms with Crippen molar-refractivity contribution in [3.8, 4) is 11.8 Å². The number of nitriles is 1. The number of hydrogen-bond acceptors (Lipinski definition) is 6. The topological polar surface area (TPSA) is 102 Å². The Morgan fingerprint density at radius 3 is 2.52 bits per heavy atom. The first-order chi connectivity index (χ1) is 10.1. The Bertz CT molecular complexity index is 591. The number of benzene rings is 1. The van der Waals surface area contributed by atoms with Crippen LogP contribution < -0.4 is 5.32 Å². The van der Waals surface area contributed by atoms with Crippen LogP contribution in [0.25, 0.3) is 0 Å². The maximum atomic E-state index is 13.5. The van der Waals surface area contributed by atoms with E-state index in [1.807, 2.05) is 0 Å². The molecule has 0 amide bonds. The third-order valence-electron chi connectivity index (χ3n) is 3.54. The van der Waals surface area contributed by atoms with E-state index in [1.165, 1.54) is 6.07 Å². The molecule has 0 bridgehead atoms. The average molecular weight is 367 g/mol. The van der Waals surface area contributed by atoms with Crippen molar-refractivity contribution in [1.82, 2.24) is 10.2 Å². The van der Waals surface area contributed by atoms with Gasteiger partial charge in [0.25, 0.3) is 0 Å². The fourth-order valence-electron chi connectivity index (χ4n) is 2.47. The van der Waals surface area contributed by atoms with Crippen molar-refractivity contribution >= 4 is 30.5 Å². The van der Waals surface area contributed by atoms with Crippen LogP contribution in [0, 0.1) is 21.4 Å². The summed E-state index contributed by atoms with van der Waals surface area (Å²) in [5, 5.41) is 33.1. The van der Waals surface area contributed by atoms with Crippen LogP contribution >= 0.6 is 24.8 Å². The molecule has 0 unspecified atom stereocenters. The first-order valence-corrected chi connectivity index (χ1v) is 6.50. The summed E-state index contributed by atoms with van der Waals surface area (Å²) in [6, 6.07) is 3.32. The zero-order chi connectivity index (χ0) is 15.4. The van der Waals surface area contributed by atoms with Gasteiger partial charge in [0, 0.05) is 37.8 Å². The number of nitrogens with zero attached hydrogens (tertiary/aromatic N) is 3. The first kappa shape index (κ1) is 21.3. The Labute approximate surface area is 145 Å². The standard InChI is InChI=1S/C13H15FN4O3.2ClH/c14-7-12(17-3-1-16-2-4-17)10-5-9(8-15)6-11(13(10)19)18(20)21;;/h5-6,12,16,19H,1-4,7H2;2*1H/t12-;;/m0../s1. The van der Waals surface area contributed by atoms with E-state index >= 15 is 0 Å². The van der Waals surface area contributed by atoms with Crippen molar-refractivity contribution in [2.45, 2.75) is 6.04 Å². The number of nitro benzene ring substituents is 1. The SMILES string of the molecule is Cl.Cl.N#Cc1cc([C@H](CF)N2CCNCC2)c(O)c([N+](=O)[O-])c1. The summed E-state index contributed by atoms with van der Waals surface area (Å²) in [6.45, 7) is 1.70. The molecule has 1 aromatic rings. The highest BCUT2D eigenvalue weighted by atomic mass is 35.5. The zero-order valence-electron chi connectivity index (χ0n) is 12.1. The van der Waals surface area contributed by atoms with Gasteiger partial charge in [-0.3, -0.25) is 15.0 Å². The lowest BCUT2D eigenvalue weighted by Crippen LogP contribution is -2.45. The molecule has 2 N–H and O–H groups in total. The Morgan fingerprint density at radius 1 is 1.43 bits per heavy atom. The molecule has 1 fully saturated rings. The lowest BCUT2D eigenvalue weighted by Gasteiger charge is -2.33. The van der Waals surface area contributed by atoms with Crippen molar-refractivity contribution < 1.29 is 14.4 Å². The molecule has 128 valence electrons. The fraction of sp³-hybridized carbons (Fsp3) is 0.462. The molecule has 2 rings (SSSR count). The molecule has 1 saturated heterocycles. The average Bonchev–Trinajstić information content (AvgIpc) is 2.50. The van der Waals surface area contributed by atoms with Crippen LogP contribution in [0.5, 0.6) is 5.75 Å². The fourth-order valence-corrected chi connectivity index (χ4v) is 2.47. The highest BCUT2D eigenvalue weighted by Crippen LogP contribution is 2.37. The Kier molecular flexibility index (Phi) is 8.79. The van der Waals surface area contributed by atoms with Crippen molar-refractivity contribution in [2.75, 3.05) is 32.9 Å². The van der Waals surface area contributed by atoms with Crippen molar-refractivity contribution in [1.29, 1.82) is 5.26 Å². The predicted octanol–water partition coefficient (Wildman–Crippen LogP) is 1.93. The monoisotopic (exact) mass is 366 g/mol. The van der Waals surface area contributed by atoms with E-state index in [9.17, 15) is 19.6 Å². The predicted molar refractivity (Wildman–Crippen MR) is 87.1 cm³/mol. The van der Waals surface area contributed by atoms with Crippen molar-refractivity contribution in [3.63, 3.8) is 0 Å². The third-order valence-corrected chi connectivity index (χ3v) is 3.54. The summed E-state index contributed by atoms with van der Waals surface area (Å²) in [6.07, 6.45) is 0. The Hall–Kier alpha value is -1.66. The molecule has 0 saturated carbocycles. The lowest BCUT2D eigenvalue weighted by molar-refractivity contribution is -0.386. The summed E-state index contributed by atoms with van der Waals surface area (Å²) < 4.78 is 13.5. The number of nitrogens with one attached hydrogen (secondary N) is 1. The van der Waals surface area contributed by atoms with Gasteiger partial charge in [-0.1, -0.05) is 0 Å². The van der Waals surface area contributed by atoms with Crippen LogP contribution in [0.3, 0.4) is 0 Å². The molecule has 0 radical (unpaired) electrons. The smallest absolute Gasteiger partial charge is 0.312 e. The second-order valence-corrected chi connectivity index (χ2v) is 4.76. The number of phenolic OH excluding ortho intramolecular Hbond substituents is 1. The molecule has 10 heteroatoms. The number of nitro groups is 1. The van der Waals surface area contributed by atoms with Crippen LogP contribution in [-0.2, 0) is 0 Å². The maximum absolute atomic E-state index is 13.5. The molecule has 7 nitrogen and oxygen atoms in total. The van der Waals surface area contributed by atoms with Gasteiger partial charge in [-0.25, -0.2) is 4.39 Å². The van der Waals surface area contributed by atoms with E-state index in [0.717, 1.165) is 6.07 Å². The normalized spacial score (nSPS) is 15.7. The lowest BCUT2D eigenvalue weighted by atomic mass is 10.0. The molecule has 1 aromatic carbocycles. The number of hydrogen-bond donors (Lipinski definition) is 2. The van der Waals surface area contributed by atoms with E-state index < -0.39 is 29.1 Å². The van der Waals surface area contributed by atoms with Crippen molar-refractivity contribution in [2.24, 2.45) is 0 Å². The summed E-state index contributed by atoms with van der Waals surface area (Å²) in [4.78, 5) is 12.0. The molecule has 0 spiro atoms. The van der Waals surface area contributed by atoms with E-state index in [1.54, 1.807) is 11.0 Å². The van der Waals surface area contributed by atoms with Gasteiger partial charge < -0.3 is 10.4 Å². The molecule has 0 aliphatic carbocycles. The van der Waals surface area contributed by atoms with Crippen LogP contribution in [-0.4, -0.2) is 47.8 Å². The summed E-state index contributed by atoms with van der Waals surface area (Å²) in [5.74, 6) is -0.569. The van der Waals surface area contributed by atoms with Gasteiger partial charge in [0.15, 0.2) is 5.75 Å².